The number of rotatable bonds is 6. The van der Waals surface area contributed by atoms with E-state index in [2.05, 4.69) is 22.9 Å². The third kappa shape index (κ3) is 7.04. The summed E-state index contributed by atoms with van der Waals surface area (Å²) in [5.74, 6) is 0.939. The molecule has 5 nitrogen and oxygen atoms in total. The van der Waals surface area contributed by atoms with E-state index in [4.69, 9.17) is 0 Å². The Morgan fingerprint density at radius 1 is 1.12 bits per heavy atom. The predicted octanol–water partition coefficient (Wildman–Crippen LogP) is 3.67. The quantitative estimate of drug-likeness (QED) is 0.718. The van der Waals surface area contributed by atoms with Gasteiger partial charge in [0, 0.05) is 23.7 Å². The van der Waals surface area contributed by atoms with E-state index in [1.165, 1.54) is 12.8 Å². The van der Waals surface area contributed by atoms with Crippen LogP contribution in [-0.2, 0) is 9.59 Å². The van der Waals surface area contributed by atoms with Crippen molar-refractivity contribution in [2.75, 3.05) is 23.7 Å². The Morgan fingerprint density at radius 3 is 2.24 bits per heavy atom. The summed E-state index contributed by atoms with van der Waals surface area (Å²) in [6.07, 6.45) is 2.93. The zero-order valence-electron chi connectivity index (χ0n) is 15.3. The van der Waals surface area contributed by atoms with Gasteiger partial charge in [-0.05, 0) is 62.0 Å². The van der Waals surface area contributed by atoms with E-state index < -0.39 is 0 Å². The van der Waals surface area contributed by atoms with Crippen molar-refractivity contribution in [3.05, 3.63) is 24.3 Å². The number of carbonyl (C=O) groups is 2. The van der Waals surface area contributed by atoms with Crippen molar-refractivity contribution in [1.29, 1.82) is 0 Å². The van der Waals surface area contributed by atoms with Crippen LogP contribution in [0.2, 0.25) is 0 Å². The number of anilines is 2. The van der Waals surface area contributed by atoms with E-state index in [0.717, 1.165) is 24.5 Å². The summed E-state index contributed by atoms with van der Waals surface area (Å²) >= 11 is 0. The third-order valence-electron chi connectivity index (χ3n) is 4.61. The van der Waals surface area contributed by atoms with Gasteiger partial charge in [-0.3, -0.25) is 9.59 Å². The van der Waals surface area contributed by atoms with Crippen LogP contribution >= 0.6 is 12.4 Å². The van der Waals surface area contributed by atoms with Gasteiger partial charge in [0.1, 0.15) is 0 Å². The van der Waals surface area contributed by atoms with Crippen molar-refractivity contribution in [1.82, 2.24) is 5.32 Å². The second kappa shape index (κ2) is 10.4. The van der Waals surface area contributed by atoms with Gasteiger partial charge < -0.3 is 16.0 Å². The second-order valence-electron chi connectivity index (χ2n) is 7.06. The molecule has 0 bridgehead atoms. The van der Waals surface area contributed by atoms with E-state index in [1.54, 1.807) is 0 Å². The molecular weight excluding hydrogens is 338 g/mol. The van der Waals surface area contributed by atoms with Crippen molar-refractivity contribution >= 4 is 35.6 Å². The highest BCUT2D eigenvalue weighted by Gasteiger charge is 2.22. The summed E-state index contributed by atoms with van der Waals surface area (Å²) in [7, 11) is 0. The molecule has 3 N–H and O–H groups in total. The van der Waals surface area contributed by atoms with Crippen molar-refractivity contribution < 1.29 is 9.59 Å². The largest absolute Gasteiger partial charge is 0.326 e. The number of carbonyl (C=O) groups excluding carboxylic acids is 2. The average molecular weight is 368 g/mol. The van der Waals surface area contributed by atoms with Gasteiger partial charge >= 0.3 is 0 Å². The van der Waals surface area contributed by atoms with Crippen LogP contribution in [0.4, 0.5) is 11.4 Å². The predicted molar refractivity (Wildman–Crippen MR) is 105 cm³/mol. The Kier molecular flexibility index (Phi) is 8.93. The molecule has 2 unspecified atom stereocenters. The first-order valence-corrected chi connectivity index (χ1v) is 8.87. The first-order chi connectivity index (χ1) is 11.5. The lowest BCUT2D eigenvalue weighted by atomic mass is 9.85. The van der Waals surface area contributed by atoms with Gasteiger partial charge in [0.05, 0.1) is 0 Å². The van der Waals surface area contributed by atoms with E-state index >= 15 is 0 Å². The molecule has 25 heavy (non-hydrogen) atoms. The lowest BCUT2D eigenvalue weighted by molar-refractivity contribution is -0.119. The minimum absolute atomic E-state index is 0. The van der Waals surface area contributed by atoms with E-state index in [9.17, 15) is 9.59 Å². The Hall–Kier alpha value is -1.59. The lowest BCUT2D eigenvalue weighted by Gasteiger charge is -2.28. The fourth-order valence-electron chi connectivity index (χ4n) is 2.96. The van der Waals surface area contributed by atoms with Crippen LogP contribution < -0.4 is 16.0 Å². The molecule has 0 aliphatic carbocycles. The monoisotopic (exact) mass is 367 g/mol. The third-order valence-corrected chi connectivity index (χ3v) is 4.61. The SMILES string of the molecule is CC(C)C(=O)Nc1ccc(NC(=O)CC(C)C2CCCNC2)cc1.Cl. The molecular formula is C19H30ClN3O2. The number of benzene rings is 1. The Balaban J connectivity index is 0.00000312. The average Bonchev–Trinajstić information content (AvgIpc) is 2.57. The van der Waals surface area contributed by atoms with E-state index in [0.29, 0.717) is 18.3 Å². The second-order valence-corrected chi connectivity index (χ2v) is 7.06. The molecule has 0 aromatic heterocycles. The minimum Gasteiger partial charge on any atom is -0.326 e. The van der Waals surface area contributed by atoms with Gasteiger partial charge in [0.25, 0.3) is 0 Å². The fourth-order valence-corrected chi connectivity index (χ4v) is 2.96. The number of hydrogen-bond donors (Lipinski definition) is 3. The molecule has 1 aliphatic heterocycles. The summed E-state index contributed by atoms with van der Waals surface area (Å²) in [5.41, 5.74) is 1.50. The normalized spacial score (nSPS) is 18.2. The van der Waals surface area contributed by atoms with E-state index in [1.807, 2.05) is 38.1 Å². The molecule has 0 spiro atoms. The molecule has 6 heteroatoms. The van der Waals surface area contributed by atoms with Crippen LogP contribution in [0.25, 0.3) is 0 Å². The number of nitrogens with one attached hydrogen (secondary N) is 3. The Morgan fingerprint density at radius 2 is 1.72 bits per heavy atom. The topological polar surface area (TPSA) is 70.2 Å². The number of piperidine rings is 1. The van der Waals surface area contributed by atoms with Crippen LogP contribution in [0.1, 0.15) is 40.0 Å². The smallest absolute Gasteiger partial charge is 0.226 e. The van der Waals surface area contributed by atoms with Crippen molar-refractivity contribution in [2.24, 2.45) is 17.8 Å². The molecule has 1 aliphatic rings. The zero-order chi connectivity index (χ0) is 17.5. The maximum Gasteiger partial charge on any atom is 0.226 e. The van der Waals surface area contributed by atoms with Crippen LogP contribution in [0, 0.1) is 17.8 Å². The molecule has 2 rings (SSSR count). The van der Waals surface area contributed by atoms with Gasteiger partial charge in [-0.25, -0.2) is 0 Å². The minimum atomic E-state index is -0.0554. The standard InChI is InChI=1S/C19H29N3O2.ClH/c1-13(2)19(24)22-17-8-6-16(7-9-17)21-18(23)11-14(3)15-5-4-10-20-12-15;/h6-9,13-15,20H,4-5,10-12H2,1-3H3,(H,21,23)(H,22,24);1H. The molecule has 2 amide bonds. The molecule has 0 saturated carbocycles. The fraction of sp³-hybridized carbons (Fsp3) is 0.579. The number of amides is 2. The molecule has 1 heterocycles. The summed E-state index contributed by atoms with van der Waals surface area (Å²) in [6, 6.07) is 7.26. The van der Waals surface area contributed by atoms with Crippen molar-refractivity contribution in [3.8, 4) is 0 Å². The highest BCUT2D eigenvalue weighted by Crippen LogP contribution is 2.23. The molecule has 1 aromatic rings. The number of hydrogen-bond acceptors (Lipinski definition) is 3. The van der Waals surface area contributed by atoms with Gasteiger partial charge in [-0.15, -0.1) is 12.4 Å². The van der Waals surface area contributed by atoms with Crippen LogP contribution in [0.3, 0.4) is 0 Å². The molecule has 1 aromatic carbocycles. The molecule has 1 saturated heterocycles. The first kappa shape index (κ1) is 21.5. The highest BCUT2D eigenvalue weighted by molar-refractivity contribution is 5.93. The van der Waals surface area contributed by atoms with Gasteiger partial charge in [-0.1, -0.05) is 20.8 Å². The maximum atomic E-state index is 12.2. The van der Waals surface area contributed by atoms with Gasteiger partial charge in [-0.2, -0.15) is 0 Å². The van der Waals surface area contributed by atoms with Gasteiger partial charge in [0.15, 0.2) is 0 Å². The molecule has 2 atom stereocenters. The zero-order valence-corrected chi connectivity index (χ0v) is 16.1. The Labute approximate surface area is 156 Å². The summed E-state index contributed by atoms with van der Waals surface area (Å²) < 4.78 is 0. The van der Waals surface area contributed by atoms with Crippen LogP contribution in [0.5, 0.6) is 0 Å². The maximum absolute atomic E-state index is 12.2. The number of halogens is 1. The summed E-state index contributed by atoms with van der Waals surface area (Å²) in [4.78, 5) is 23.9. The molecule has 0 radical (unpaired) electrons. The molecule has 1 fully saturated rings. The molecule has 140 valence electrons. The highest BCUT2D eigenvalue weighted by atomic mass is 35.5. The van der Waals surface area contributed by atoms with E-state index in [-0.39, 0.29) is 30.1 Å². The summed E-state index contributed by atoms with van der Waals surface area (Å²) in [5, 5.41) is 9.18. The van der Waals surface area contributed by atoms with Gasteiger partial charge in [0.2, 0.25) is 11.8 Å². The Bertz CT molecular complexity index is 554. The summed E-state index contributed by atoms with van der Waals surface area (Å²) in [6.45, 7) is 7.97. The van der Waals surface area contributed by atoms with Crippen LogP contribution in [-0.4, -0.2) is 24.9 Å². The van der Waals surface area contributed by atoms with Crippen LogP contribution in [0.15, 0.2) is 24.3 Å². The first-order valence-electron chi connectivity index (χ1n) is 8.87. The van der Waals surface area contributed by atoms with Crippen molar-refractivity contribution in [3.63, 3.8) is 0 Å². The lowest BCUT2D eigenvalue weighted by Crippen LogP contribution is -2.34. The van der Waals surface area contributed by atoms with Crippen molar-refractivity contribution in [2.45, 2.75) is 40.0 Å².